The number of hydrogen-bond acceptors (Lipinski definition) is 5. The summed E-state index contributed by atoms with van der Waals surface area (Å²) in [6, 6.07) is 15.0. The van der Waals surface area contributed by atoms with Gasteiger partial charge in [0, 0.05) is 36.1 Å². The SMILES string of the molecule is O=C(c1ccccc1)c1ccc(NCCn2cccn2)c([N+](=O)[O-])c1. The minimum atomic E-state index is -0.488. The normalized spacial score (nSPS) is 10.4. The van der Waals surface area contributed by atoms with Crippen molar-refractivity contribution in [1.29, 1.82) is 0 Å². The zero-order valence-electron chi connectivity index (χ0n) is 13.3. The summed E-state index contributed by atoms with van der Waals surface area (Å²) < 4.78 is 1.73. The van der Waals surface area contributed by atoms with Crippen molar-refractivity contribution in [3.63, 3.8) is 0 Å². The number of aromatic nitrogens is 2. The molecule has 3 aromatic rings. The van der Waals surface area contributed by atoms with Crippen molar-refractivity contribution in [3.05, 3.63) is 88.2 Å². The Labute approximate surface area is 144 Å². The second kappa shape index (κ2) is 7.39. The molecule has 0 bridgehead atoms. The molecule has 126 valence electrons. The number of rotatable bonds is 7. The molecule has 0 aliphatic carbocycles. The Morgan fingerprint density at radius 3 is 2.60 bits per heavy atom. The number of hydrogen-bond donors (Lipinski definition) is 1. The molecule has 2 aromatic carbocycles. The smallest absolute Gasteiger partial charge is 0.293 e. The third-order valence-corrected chi connectivity index (χ3v) is 3.71. The lowest BCUT2D eigenvalue weighted by Crippen LogP contribution is -2.12. The standard InChI is InChI=1S/C18H16N4O3/c23-18(14-5-2-1-3-6-14)15-7-8-16(17(13-15)22(24)25)19-10-12-21-11-4-9-20-21/h1-9,11,13,19H,10,12H2. The van der Waals surface area contributed by atoms with Gasteiger partial charge in [-0.2, -0.15) is 5.10 Å². The molecule has 0 aliphatic rings. The number of nitrogens with zero attached hydrogens (tertiary/aromatic N) is 3. The molecular weight excluding hydrogens is 320 g/mol. The van der Waals surface area contributed by atoms with Crippen molar-refractivity contribution in [2.24, 2.45) is 0 Å². The molecule has 1 aromatic heterocycles. The van der Waals surface area contributed by atoms with Gasteiger partial charge in [0.05, 0.1) is 11.5 Å². The van der Waals surface area contributed by atoms with E-state index in [4.69, 9.17) is 0 Å². The van der Waals surface area contributed by atoms with Crippen LogP contribution >= 0.6 is 0 Å². The predicted molar refractivity (Wildman–Crippen MR) is 93.7 cm³/mol. The first-order valence-electron chi connectivity index (χ1n) is 7.74. The van der Waals surface area contributed by atoms with Gasteiger partial charge in [-0.15, -0.1) is 0 Å². The van der Waals surface area contributed by atoms with Crippen LogP contribution in [0.2, 0.25) is 0 Å². The Morgan fingerprint density at radius 1 is 1.12 bits per heavy atom. The number of nitrogens with one attached hydrogen (secondary N) is 1. The van der Waals surface area contributed by atoms with Crippen molar-refractivity contribution in [3.8, 4) is 0 Å². The number of ketones is 1. The molecule has 0 amide bonds. The van der Waals surface area contributed by atoms with E-state index in [2.05, 4.69) is 10.4 Å². The van der Waals surface area contributed by atoms with Gasteiger partial charge in [0.2, 0.25) is 0 Å². The van der Waals surface area contributed by atoms with Crippen LogP contribution in [0.1, 0.15) is 15.9 Å². The van der Waals surface area contributed by atoms with Crippen molar-refractivity contribution < 1.29 is 9.72 Å². The van der Waals surface area contributed by atoms with E-state index in [9.17, 15) is 14.9 Å². The van der Waals surface area contributed by atoms with E-state index in [0.29, 0.717) is 24.3 Å². The van der Waals surface area contributed by atoms with Crippen LogP contribution in [0.4, 0.5) is 11.4 Å². The van der Waals surface area contributed by atoms with Crippen molar-refractivity contribution in [2.45, 2.75) is 6.54 Å². The van der Waals surface area contributed by atoms with E-state index in [-0.39, 0.29) is 17.0 Å². The average Bonchev–Trinajstić information content (AvgIpc) is 3.15. The summed E-state index contributed by atoms with van der Waals surface area (Å²) >= 11 is 0. The molecule has 25 heavy (non-hydrogen) atoms. The molecule has 7 heteroatoms. The molecule has 1 N–H and O–H groups in total. The largest absolute Gasteiger partial charge is 0.378 e. The summed E-state index contributed by atoms with van der Waals surface area (Å²) in [5.74, 6) is -0.244. The van der Waals surface area contributed by atoms with E-state index in [1.54, 1.807) is 47.3 Å². The van der Waals surface area contributed by atoms with Crippen LogP contribution in [0, 0.1) is 10.1 Å². The van der Waals surface area contributed by atoms with Crippen LogP contribution in [-0.2, 0) is 6.54 Å². The lowest BCUT2D eigenvalue weighted by atomic mass is 10.0. The van der Waals surface area contributed by atoms with Crippen molar-refractivity contribution >= 4 is 17.2 Å². The van der Waals surface area contributed by atoms with Gasteiger partial charge in [-0.1, -0.05) is 30.3 Å². The summed E-state index contributed by atoms with van der Waals surface area (Å²) in [5.41, 5.74) is 1.04. The number of carbonyl (C=O) groups excluding carboxylic acids is 1. The Bertz CT molecular complexity index is 877. The average molecular weight is 336 g/mol. The third kappa shape index (κ3) is 3.89. The monoisotopic (exact) mass is 336 g/mol. The van der Waals surface area contributed by atoms with Gasteiger partial charge in [0.15, 0.2) is 5.78 Å². The van der Waals surface area contributed by atoms with E-state index < -0.39 is 4.92 Å². The van der Waals surface area contributed by atoms with Gasteiger partial charge in [0.25, 0.3) is 5.69 Å². The molecule has 0 aliphatic heterocycles. The second-order valence-corrected chi connectivity index (χ2v) is 5.38. The highest BCUT2D eigenvalue weighted by Gasteiger charge is 2.18. The van der Waals surface area contributed by atoms with Crippen LogP contribution in [-0.4, -0.2) is 27.0 Å². The fourth-order valence-electron chi connectivity index (χ4n) is 2.47. The number of benzene rings is 2. The van der Waals surface area contributed by atoms with Crippen molar-refractivity contribution in [2.75, 3.05) is 11.9 Å². The number of nitro benzene ring substituents is 1. The van der Waals surface area contributed by atoms with Crippen LogP contribution in [0.25, 0.3) is 0 Å². The highest BCUT2D eigenvalue weighted by atomic mass is 16.6. The lowest BCUT2D eigenvalue weighted by molar-refractivity contribution is -0.384. The first-order valence-corrected chi connectivity index (χ1v) is 7.74. The van der Waals surface area contributed by atoms with Crippen LogP contribution in [0.15, 0.2) is 67.0 Å². The number of anilines is 1. The Hall–Kier alpha value is -3.48. The molecule has 3 rings (SSSR count). The van der Waals surface area contributed by atoms with Gasteiger partial charge in [0.1, 0.15) is 5.69 Å². The van der Waals surface area contributed by atoms with E-state index in [1.165, 1.54) is 6.07 Å². The molecule has 0 fully saturated rings. The third-order valence-electron chi connectivity index (χ3n) is 3.71. The van der Waals surface area contributed by atoms with Crippen molar-refractivity contribution in [1.82, 2.24) is 9.78 Å². The molecule has 0 saturated heterocycles. The molecule has 0 spiro atoms. The molecule has 0 unspecified atom stereocenters. The van der Waals surface area contributed by atoms with Gasteiger partial charge >= 0.3 is 0 Å². The highest BCUT2D eigenvalue weighted by Crippen LogP contribution is 2.26. The molecule has 0 atom stereocenters. The fourth-order valence-corrected chi connectivity index (χ4v) is 2.47. The summed E-state index contributed by atoms with van der Waals surface area (Å²) in [6.45, 7) is 1.06. The summed E-state index contributed by atoms with van der Waals surface area (Å²) in [4.78, 5) is 23.3. The summed E-state index contributed by atoms with van der Waals surface area (Å²) in [5, 5.41) is 18.5. The Morgan fingerprint density at radius 2 is 1.92 bits per heavy atom. The van der Waals surface area contributed by atoms with Crippen LogP contribution in [0.3, 0.4) is 0 Å². The highest BCUT2D eigenvalue weighted by molar-refractivity contribution is 6.09. The maximum Gasteiger partial charge on any atom is 0.293 e. The van der Waals surface area contributed by atoms with Gasteiger partial charge in [-0.25, -0.2) is 0 Å². The molecule has 0 saturated carbocycles. The second-order valence-electron chi connectivity index (χ2n) is 5.38. The predicted octanol–water partition coefficient (Wildman–Crippen LogP) is 3.13. The first-order chi connectivity index (χ1) is 12.1. The molecule has 0 radical (unpaired) electrons. The first kappa shape index (κ1) is 16.4. The Kier molecular flexibility index (Phi) is 4.84. The van der Waals surface area contributed by atoms with Crippen LogP contribution in [0.5, 0.6) is 0 Å². The van der Waals surface area contributed by atoms with Gasteiger partial charge in [-0.05, 0) is 18.2 Å². The summed E-state index contributed by atoms with van der Waals surface area (Å²) in [7, 11) is 0. The van der Waals surface area contributed by atoms with Crippen LogP contribution < -0.4 is 5.32 Å². The van der Waals surface area contributed by atoms with E-state index >= 15 is 0 Å². The Balaban J connectivity index is 1.78. The van der Waals surface area contributed by atoms with Gasteiger partial charge < -0.3 is 5.32 Å². The maximum atomic E-state index is 12.4. The quantitative estimate of drug-likeness (QED) is 0.407. The number of nitro groups is 1. The van der Waals surface area contributed by atoms with E-state index in [1.807, 2.05) is 18.3 Å². The van der Waals surface area contributed by atoms with Gasteiger partial charge in [-0.3, -0.25) is 19.6 Å². The minimum Gasteiger partial charge on any atom is -0.378 e. The topological polar surface area (TPSA) is 90.1 Å². The zero-order valence-corrected chi connectivity index (χ0v) is 13.3. The molecule has 1 heterocycles. The lowest BCUT2D eigenvalue weighted by Gasteiger charge is -2.09. The summed E-state index contributed by atoms with van der Waals surface area (Å²) in [6.07, 6.45) is 3.49. The number of carbonyl (C=O) groups is 1. The molecule has 7 nitrogen and oxygen atoms in total. The fraction of sp³-hybridized carbons (Fsp3) is 0.111. The molecular formula is C18H16N4O3. The maximum absolute atomic E-state index is 12.4. The zero-order chi connectivity index (χ0) is 17.6. The van der Waals surface area contributed by atoms with E-state index in [0.717, 1.165) is 0 Å². The minimum absolute atomic E-state index is 0.123.